The van der Waals surface area contributed by atoms with Gasteiger partial charge in [-0.2, -0.15) is 0 Å². The Morgan fingerprint density at radius 1 is 1.24 bits per heavy atom. The van der Waals surface area contributed by atoms with Crippen LogP contribution in [0.3, 0.4) is 0 Å². The first-order chi connectivity index (χ1) is 12.2. The zero-order chi connectivity index (χ0) is 17.2. The number of urea groups is 1. The molecular formula is C19H26N4O2. The molecule has 1 aliphatic carbocycles. The van der Waals surface area contributed by atoms with Crippen molar-refractivity contribution in [2.45, 2.75) is 45.2 Å². The van der Waals surface area contributed by atoms with Crippen molar-refractivity contribution in [3.05, 3.63) is 29.7 Å². The number of rotatable bonds is 3. The van der Waals surface area contributed by atoms with E-state index in [1.807, 2.05) is 17.0 Å². The molecule has 1 saturated heterocycles. The molecule has 6 heteroatoms. The minimum absolute atomic E-state index is 0.101. The Bertz CT molecular complexity index is 743. The highest BCUT2D eigenvalue weighted by atomic mass is 16.3. The second-order valence-corrected chi connectivity index (χ2v) is 7.27. The number of hydrogen-bond acceptors (Lipinski definition) is 4. The fourth-order valence-corrected chi connectivity index (χ4v) is 3.78. The Balaban J connectivity index is 1.29. The molecule has 25 heavy (non-hydrogen) atoms. The second kappa shape index (κ2) is 7.04. The van der Waals surface area contributed by atoms with Gasteiger partial charge >= 0.3 is 6.03 Å². The average molecular weight is 342 g/mol. The van der Waals surface area contributed by atoms with Crippen LogP contribution < -0.4 is 5.32 Å². The number of amides is 2. The lowest BCUT2D eigenvalue weighted by Gasteiger charge is -2.34. The van der Waals surface area contributed by atoms with E-state index in [0.717, 1.165) is 56.0 Å². The van der Waals surface area contributed by atoms with Crippen molar-refractivity contribution < 1.29 is 9.21 Å². The summed E-state index contributed by atoms with van der Waals surface area (Å²) in [5, 5.41) is 3.17. The van der Waals surface area contributed by atoms with Gasteiger partial charge in [-0.05, 0) is 37.5 Å². The van der Waals surface area contributed by atoms with E-state index in [1.165, 1.54) is 18.4 Å². The van der Waals surface area contributed by atoms with Crippen molar-refractivity contribution in [3.63, 3.8) is 0 Å². The summed E-state index contributed by atoms with van der Waals surface area (Å²) in [7, 11) is 0. The maximum absolute atomic E-state index is 12.3. The molecule has 0 radical (unpaired) electrons. The first kappa shape index (κ1) is 16.4. The van der Waals surface area contributed by atoms with Gasteiger partial charge in [-0.3, -0.25) is 4.90 Å². The third-order valence-corrected chi connectivity index (χ3v) is 5.29. The van der Waals surface area contributed by atoms with Crippen LogP contribution in [-0.4, -0.2) is 53.0 Å². The molecule has 2 heterocycles. The van der Waals surface area contributed by atoms with Crippen LogP contribution >= 0.6 is 0 Å². The number of nitrogens with one attached hydrogen (secondary N) is 1. The Morgan fingerprint density at radius 3 is 2.76 bits per heavy atom. The van der Waals surface area contributed by atoms with Crippen molar-refractivity contribution in [2.75, 3.05) is 26.2 Å². The third kappa shape index (κ3) is 3.79. The van der Waals surface area contributed by atoms with Crippen molar-refractivity contribution in [3.8, 4) is 0 Å². The van der Waals surface area contributed by atoms with Crippen molar-refractivity contribution in [1.29, 1.82) is 0 Å². The molecule has 2 amide bonds. The van der Waals surface area contributed by atoms with E-state index in [2.05, 4.69) is 28.2 Å². The van der Waals surface area contributed by atoms with Gasteiger partial charge < -0.3 is 14.6 Å². The average Bonchev–Trinajstić information content (AvgIpc) is 3.24. The summed E-state index contributed by atoms with van der Waals surface area (Å²) in [5.41, 5.74) is 2.94. The number of aromatic nitrogens is 1. The summed E-state index contributed by atoms with van der Waals surface area (Å²) in [6, 6.07) is 6.56. The standard InChI is InChI=1S/C19H26N4O2/c1-14-6-7-16-17(12-14)25-18(21-16)13-22-8-10-23(11-9-22)19(24)20-15-4-2-3-5-15/h6-7,12,15H,2-5,8-11,13H2,1H3,(H,20,24). The largest absolute Gasteiger partial charge is 0.439 e. The molecule has 6 nitrogen and oxygen atoms in total. The topological polar surface area (TPSA) is 61.6 Å². The molecule has 0 unspecified atom stereocenters. The van der Waals surface area contributed by atoms with Crippen molar-refractivity contribution >= 4 is 17.1 Å². The van der Waals surface area contributed by atoms with Gasteiger partial charge in [0.1, 0.15) is 5.52 Å². The number of oxazole rings is 1. The summed E-state index contributed by atoms with van der Waals surface area (Å²) in [6.07, 6.45) is 4.73. The highest BCUT2D eigenvalue weighted by Crippen LogP contribution is 2.20. The zero-order valence-electron chi connectivity index (χ0n) is 14.8. The van der Waals surface area contributed by atoms with Crippen LogP contribution in [-0.2, 0) is 6.54 Å². The van der Waals surface area contributed by atoms with E-state index < -0.39 is 0 Å². The van der Waals surface area contributed by atoms with Crippen LogP contribution in [0.15, 0.2) is 22.6 Å². The monoisotopic (exact) mass is 342 g/mol. The van der Waals surface area contributed by atoms with Gasteiger partial charge in [-0.1, -0.05) is 18.9 Å². The molecule has 2 fully saturated rings. The molecular weight excluding hydrogens is 316 g/mol. The quantitative estimate of drug-likeness (QED) is 0.932. The van der Waals surface area contributed by atoms with Crippen LogP contribution in [0.5, 0.6) is 0 Å². The first-order valence-electron chi connectivity index (χ1n) is 9.31. The molecule has 1 aromatic carbocycles. The predicted molar refractivity (Wildman–Crippen MR) is 96.4 cm³/mol. The Labute approximate surface area is 148 Å². The van der Waals surface area contributed by atoms with E-state index in [-0.39, 0.29) is 6.03 Å². The molecule has 2 aliphatic rings. The molecule has 1 aromatic heterocycles. The minimum atomic E-state index is 0.101. The van der Waals surface area contributed by atoms with E-state index >= 15 is 0 Å². The SMILES string of the molecule is Cc1ccc2nc(CN3CCN(C(=O)NC4CCCC4)CC3)oc2c1. The molecule has 134 valence electrons. The lowest BCUT2D eigenvalue weighted by Crippen LogP contribution is -2.52. The van der Waals surface area contributed by atoms with Gasteiger partial charge in [0, 0.05) is 32.2 Å². The third-order valence-electron chi connectivity index (χ3n) is 5.29. The molecule has 0 spiro atoms. The fourth-order valence-electron chi connectivity index (χ4n) is 3.78. The summed E-state index contributed by atoms with van der Waals surface area (Å²) in [4.78, 5) is 21.1. The number of carbonyl (C=O) groups is 1. The number of fused-ring (bicyclic) bond motifs is 1. The maximum atomic E-state index is 12.3. The number of piperazine rings is 1. The van der Waals surface area contributed by atoms with Crippen LogP contribution in [0.2, 0.25) is 0 Å². The Hall–Kier alpha value is -2.08. The molecule has 1 aliphatic heterocycles. The maximum Gasteiger partial charge on any atom is 0.317 e. The fraction of sp³-hybridized carbons (Fsp3) is 0.579. The zero-order valence-corrected chi connectivity index (χ0v) is 14.8. The summed E-state index contributed by atoms with van der Waals surface area (Å²) in [6.45, 7) is 5.99. The first-order valence-corrected chi connectivity index (χ1v) is 9.31. The summed E-state index contributed by atoms with van der Waals surface area (Å²) in [5.74, 6) is 0.754. The van der Waals surface area contributed by atoms with Crippen molar-refractivity contribution in [1.82, 2.24) is 20.1 Å². The van der Waals surface area contributed by atoms with E-state index in [0.29, 0.717) is 12.6 Å². The van der Waals surface area contributed by atoms with Crippen LogP contribution in [0, 0.1) is 6.92 Å². The molecule has 4 rings (SSSR count). The van der Waals surface area contributed by atoms with E-state index in [1.54, 1.807) is 0 Å². The molecule has 1 saturated carbocycles. The number of nitrogens with zero attached hydrogens (tertiary/aromatic N) is 3. The lowest BCUT2D eigenvalue weighted by molar-refractivity contribution is 0.127. The van der Waals surface area contributed by atoms with E-state index in [9.17, 15) is 4.79 Å². The number of benzene rings is 1. The number of aryl methyl sites for hydroxylation is 1. The Kier molecular flexibility index (Phi) is 4.61. The van der Waals surface area contributed by atoms with Crippen LogP contribution in [0.4, 0.5) is 4.79 Å². The van der Waals surface area contributed by atoms with Gasteiger partial charge in [0.25, 0.3) is 0 Å². The number of hydrogen-bond donors (Lipinski definition) is 1. The van der Waals surface area contributed by atoms with Gasteiger partial charge in [0.05, 0.1) is 6.54 Å². The highest BCUT2D eigenvalue weighted by Gasteiger charge is 2.25. The second-order valence-electron chi connectivity index (χ2n) is 7.27. The normalized spacial score (nSPS) is 19.6. The molecule has 2 aromatic rings. The van der Waals surface area contributed by atoms with Gasteiger partial charge in [0.2, 0.25) is 5.89 Å². The van der Waals surface area contributed by atoms with Crippen LogP contribution in [0.1, 0.15) is 37.1 Å². The van der Waals surface area contributed by atoms with E-state index in [4.69, 9.17) is 4.42 Å². The van der Waals surface area contributed by atoms with Gasteiger partial charge in [-0.25, -0.2) is 9.78 Å². The highest BCUT2D eigenvalue weighted by molar-refractivity contribution is 5.74. The smallest absolute Gasteiger partial charge is 0.317 e. The minimum Gasteiger partial charge on any atom is -0.439 e. The molecule has 0 atom stereocenters. The lowest BCUT2D eigenvalue weighted by atomic mass is 10.2. The summed E-state index contributed by atoms with van der Waals surface area (Å²) < 4.78 is 5.87. The van der Waals surface area contributed by atoms with Crippen molar-refractivity contribution in [2.24, 2.45) is 0 Å². The summed E-state index contributed by atoms with van der Waals surface area (Å²) >= 11 is 0. The van der Waals surface area contributed by atoms with Crippen LogP contribution in [0.25, 0.3) is 11.1 Å². The molecule has 0 bridgehead atoms. The molecule has 1 N–H and O–H groups in total. The van der Waals surface area contributed by atoms with Gasteiger partial charge in [0.15, 0.2) is 5.58 Å². The predicted octanol–water partition coefficient (Wildman–Crippen LogP) is 2.91. The Morgan fingerprint density at radius 2 is 2.00 bits per heavy atom. The number of carbonyl (C=O) groups excluding carboxylic acids is 1. The van der Waals surface area contributed by atoms with Gasteiger partial charge in [-0.15, -0.1) is 0 Å².